The highest BCUT2D eigenvalue weighted by Crippen LogP contribution is 2.28. The predicted octanol–water partition coefficient (Wildman–Crippen LogP) is 5.56. The fraction of sp³-hybridized carbons (Fsp3) is 0.0952. The third kappa shape index (κ3) is 4.64. The van der Waals surface area contributed by atoms with Crippen molar-refractivity contribution in [1.29, 1.82) is 0 Å². The van der Waals surface area contributed by atoms with Crippen LogP contribution in [-0.4, -0.2) is 26.3 Å². The van der Waals surface area contributed by atoms with Crippen molar-refractivity contribution >= 4 is 40.4 Å². The summed E-state index contributed by atoms with van der Waals surface area (Å²) in [6.07, 6.45) is 0. The van der Waals surface area contributed by atoms with Gasteiger partial charge in [0.1, 0.15) is 0 Å². The second kappa shape index (κ2) is 9.47. The van der Waals surface area contributed by atoms with Gasteiger partial charge in [-0.05, 0) is 35.0 Å². The Hall–Kier alpha value is -3.28. The van der Waals surface area contributed by atoms with E-state index in [9.17, 15) is 4.79 Å². The first-order valence-electron chi connectivity index (χ1n) is 9.35. The molecule has 0 saturated heterocycles. The maximum Gasteiger partial charge on any atom is 0.339 e. The van der Waals surface area contributed by atoms with E-state index in [0.29, 0.717) is 34.7 Å². The summed E-state index contributed by atoms with van der Waals surface area (Å²) < 4.78 is 15.9. The normalized spacial score (nSPS) is 11.0. The molecule has 0 N–H and O–H groups in total. The Kier molecular flexibility index (Phi) is 6.10. The molecule has 0 bridgehead atoms. The van der Waals surface area contributed by atoms with Crippen LogP contribution in [0.5, 0.6) is 0 Å². The highest BCUT2D eigenvalue weighted by Gasteiger charge is 2.17. The molecule has 160 valence electrons. The van der Waals surface area contributed by atoms with Gasteiger partial charge in [-0.1, -0.05) is 22.4 Å². The average Bonchev–Trinajstić information content (AvgIpc) is 3.63. The van der Waals surface area contributed by atoms with Crippen molar-refractivity contribution in [2.45, 2.75) is 17.3 Å². The maximum atomic E-state index is 12.7. The monoisotopic (exact) mass is 482 g/mol. The second-order valence-electron chi connectivity index (χ2n) is 6.42. The van der Waals surface area contributed by atoms with Gasteiger partial charge in [-0.25, -0.2) is 4.79 Å². The first kappa shape index (κ1) is 20.6. The summed E-state index contributed by atoms with van der Waals surface area (Å²) >= 11 is 4.53. The molecular formula is C21H14N4O4S3. The van der Waals surface area contributed by atoms with Gasteiger partial charge in [-0.3, -0.25) is 0 Å². The van der Waals surface area contributed by atoms with Crippen molar-refractivity contribution in [3.05, 3.63) is 75.1 Å². The van der Waals surface area contributed by atoms with Crippen molar-refractivity contribution in [1.82, 2.24) is 20.3 Å². The van der Waals surface area contributed by atoms with Gasteiger partial charge in [0.15, 0.2) is 12.4 Å². The van der Waals surface area contributed by atoms with E-state index in [0.717, 1.165) is 16.0 Å². The molecule has 11 heteroatoms. The lowest BCUT2D eigenvalue weighted by atomic mass is 10.2. The minimum Gasteiger partial charge on any atom is -0.454 e. The van der Waals surface area contributed by atoms with Crippen LogP contribution in [0.25, 0.3) is 22.9 Å². The molecule has 0 fully saturated rings. The number of carbonyl (C=O) groups excluding carboxylic acids is 1. The molecule has 0 aliphatic carbocycles. The zero-order valence-electron chi connectivity index (χ0n) is 16.3. The van der Waals surface area contributed by atoms with Crippen molar-refractivity contribution in [2.24, 2.45) is 0 Å². The fourth-order valence-electron chi connectivity index (χ4n) is 2.74. The third-order valence-corrected chi connectivity index (χ3v) is 6.70. The molecule has 0 spiro atoms. The number of rotatable bonds is 8. The predicted molar refractivity (Wildman–Crippen MR) is 120 cm³/mol. The van der Waals surface area contributed by atoms with Gasteiger partial charge in [0.2, 0.25) is 5.82 Å². The summed E-state index contributed by atoms with van der Waals surface area (Å²) in [6, 6.07) is 11.0. The van der Waals surface area contributed by atoms with Gasteiger partial charge in [-0.15, -0.1) is 11.8 Å². The highest BCUT2D eigenvalue weighted by molar-refractivity contribution is 7.98. The molecule has 5 rings (SSSR count). The molecule has 1 aromatic carbocycles. The van der Waals surface area contributed by atoms with Gasteiger partial charge in [0.25, 0.3) is 11.8 Å². The first-order chi connectivity index (χ1) is 15.8. The van der Waals surface area contributed by atoms with Crippen LogP contribution in [0.3, 0.4) is 0 Å². The quantitative estimate of drug-likeness (QED) is 0.208. The molecule has 0 unspecified atom stereocenters. The van der Waals surface area contributed by atoms with Gasteiger partial charge < -0.3 is 13.8 Å². The van der Waals surface area contributed by atoms with Crippen LogP contribution < -0.4 is 0 Å². The Morgan fingerprint density at radius 2 is 1.56 bits per heavy atom. The van der Waals surface area contributed by atoms with Gasteiger partial charge in [0, 0.05) is 15.7 Å². The summed E-state index contributed by atoms with van der Waals surface area (Å²) in [5, 5.41) is 15.6. The van der Waals surface area contributed by atoms with Crippen LogP contribution in [0.15, 0.2) is 71.9 Å². The minimum absolute atomic E-state index is 0.0830. The van der Waals surface area contributed by atoms with Crippen LogP contribution >= 0.6 is 34.4 Å². The molecule has 0 aliphatic heterocycles. The SMILES string of the molecule is O=C(OCc1noc(-c2ccsc2)n1)c1ccccc1SCc1noc(-c2ccsc2)n1. The number of hydrogen-bond donors (Lipinski definition) is 0. The molecule has 0 amide bonds. The van der Waals surface area contributed by atoms with Crippen LogP contribution in [-0.2, 0) is 17.1 Å². The van der Waals surface area contributed by atoms with E-state index in [1.807, 2.05) is 45.8 Å². The smallest absolute Gasteiger partial charge is 0.339 e. The van der Waals surface area contributed by atoms with Crippen molar-refractivity contribution in [2.75, 3.05) is 0 Å². The van der Waals surface area contributed by atoms with Crippen LogP contribution in [0.4, 0.5) is 0 Å². The highest BCUT2D eigenvalue weighted by atomic mass is 32.2. The van der Waals surface area contributed by atoms with Crippen LogP contribution in [0.2, 0.25) is 0 Å². The summed E-state index contributed by atoms with van der Waals surface area (Å²) in [4.78, 5) is 22.1. The van der Waals surface area contributed by atoms with E-state index >= 15 is 0 Å². The number of aromatic nitrogens is 4. The summed E-state index contributed by atoms with van der Waals surface area (Å²) in [6.45, 7) is -0.0830. The fourth-order valence-corrected chi connectivity index (χ4v) is 4.89. The number of nitrogens with zero attached hydrogens (tertiary/aromatic N) is 4. The minimum atomic E-state index is -0.470. The van der Waals surface area contributed by atoms with Crippen molar-refractivity contribution in [3.8, 4) is 22.9 Å². The average molecular weight is 483 g/mol. The number of thiophene rings is 2. The lowest BCUT2D eigenvalue weighted by Gasteiger charge is -2.07. The molecule has 0 radical (unpaired) electrons. The Morgan fingerprint density at radius 1 is 0.906 bits per heavy atom. The molecule has 0 saturated carbocycles. The summed E-state index contributed by atoms with van der Waals surface area (Å²) in [5.41, 5.74) is 2.18. The molecule has 4 heterocycles. The standard InChI is InChI=1S/C21H14N4O4S3/c26-21(27-9-17-22-19(28-24-17)13-5-7-30-10-13)15-3-1-2-4-16(15)32-12-18-23-20(29-25-18)14-6-8-31-11-14/h1-8,10-11H,9,12H2. The Labute approximate surface area is 194 Å². The van der Waals surface area contributed by atoms with Gasteiger partial charge in [0.05, 0.1) is 22.4 Å². The van der Waals surface area contributed by atoms with Gasteiger partial charge >= 0.3 is 5.97 Å². The number of ether oxygens (including phenoxy) is 1. The number of hydrogen-bond acceptors (Lipinski definition) is 11. The van der Waals surface area contributed by atoms with Gasteiger partial charge in [-0.2, -0.15) is 32.6 Å². The van der Waals surface area contributed by atoms with E-state index in [2.05, 4.69) is 20.3 Å². The molecule has 8 nitrogen and oxygen atoms in total. The van der Waals surface area contributed by atoms with E-state index in [-0.39, 0.29) is 6.61 Å². The molecule has 5 aromatic rings. The Morgan fingerprint density at radius 3 is 2.25 bits per heavy atom. The first-order valence-corrected chi connectivity index (χ1v) is 12.2. The summed E-state index contributed by atoms with van der Waals surface area (Å²) in [7, 11) is 0. The van der Waals surface area contributed by atoms with E-state index < -0.39 is 5.97 Å². The van der Waals surface area contributed by atoms with E-state index in [1.165, 1.54) is 23.1 Å². The van der Waals surface area contributed by atoms with E-state index in [1.54, 1.807) is 23.5 Å². The molecule has 4 aromatic heterocycles. The number of carbonyl (C=O) groups is 1. The second-order valence-corrected chi connectivity index (χ2v) is 8.99. The van der Waals surface area contributed by atoms with Crippen molar-refractivity contribution in [3.63, 3.8) is 0 Å². The molecule has 0 atom stereocenters. The number of benzene rings is 1. The Bertz CT molecular complexity index is 1310. The lowest BCUT2D eigenvalue weighted by molar-refractivity contribution is 0.0455. The Balaban J connectivity index is 1.22. The largest absolute Gasteiger partial charge is 0.454 e. The topological polar surface area (TPSA) is 104 Å². The zero-order chi connectivity index (χ0) is 21.8. The zero-order valence-corrected chi connectivity index (χ0v) is 18.8. The number of esters is 1. The molecule has 0 aliphatic rings. The maximum absolute atomic E-state index is 12.7. The van der Waals surface area contributed by atoms with Crippen LogP contribution in [0.1, 0.15) is 22.0 Å². The van der Waals surface area contributed by atoms with Crippen molar-refractivity contribution < 1.29 is 18.6 Å². The summed E-state index contributed by atoms with van der Waals surface area (Å²) in [5.74, 6) is 1.71. The lowest BCUT2D eigenvalue weighted by Crippen LogP contribution is -2.07. The van der Waals surface area contributed by atoms with Crippen LogP contribution in [0, 0.1) is 0 Å². The number of thioether (sulfide) groups is 1. The third-order valence-electron chi connectivity index (χ3n) is 4.27. The molecular weight excluding hydrogens is 468 g/mol. The van der Waals surface area contributed by atoms with E-state index in [4.69, 9.17) is 13.8 Å². The molecule has 32 heavy (non-hydrogen) atoms.